The predicted octanol–water partition coefficient (Wildman–Crippen LogP) is 3.23. The topological polar surface area (TPSA) is 24.4 Å². The standard InChI is InChI=1S/C8H14N2.2C2H6/c1-9-7-6-8(2-3-8)4-5-10-7;2*1-2/h2-6H2,1H3,(H,9,10);2*1-2H3. The van der Waals surface area contributed by atoms with Crippen molar-refractivity contribution in [3.63, 3.8) is 0 Å². The van der Waals surface area contributed by atoms with Crippen LogP contribution in [0.25, 0.3) is 0 Å². The van der Waals surface area contributed by atoms with E-state index in [0.717, 1.165) is 6.54 Å². The Morgan fingerprint density at radius 3 is 2.07 bits per heavy atom. The van der Waals surface area contributed by atoms with Crippen molar-refractivity contribution in [3.8, 4) is 0 Å². The molecule has 2 rings (SSSR count). The monoisotopic (exact) mass is 198 g/mol. The molecule has 1 spiro atoms. The number of amidine groups is 1. The van der Waals surface area contributed by atoms with Crippen molar-refractivity contribution in [3.05, 3.63) is 0 Å². The highest BCUT2D eigenvalue weighted by molar-refractivity contribution is 5.83. The lowest BCUT2D eigenvalue weighted by Gasteiger charge is -2.23. The van der Waals surface area contributed by atoms with Crippen molar-refractivity contribution in [2.75, 3.05) is 13.6 Å². The zero-order valence-electron chi connectivity index (χ0n) is 10.5. The van der Waals surface area contributed by atoms with E-state index in [1.165, 1.54) is 31.5 Å². The van der Waals surface area contributed by atoms with E-state index in [9.17, 15) is 0 Å². The van der Waals surface area contributed by atoms with Gasteiger partial charge in [0, 0.05) is 20.0 Å². The van der Waals surface area contributed by atoms with Gasteiger partial charge in [0.25, 0.3) is 0 Å². The van der Waals surface area contributed by atoms with Crippen LogP contribution in [-0.2, 0) is 0 Å². The molecule has 1 aliphatic heterocycles. The van der Waals surface area contributed by atoms with Crippen LogP contribution in [0.1, 0.15) is 53.4 Å². The van der Waals surface area contributed by atoms with Crippen LogP contribution < -0.4 is 5.32 Å². The van der Waals surface area contributed by atoms with Gasteiger partial charge in [-0.15, -0.1) is 0 Å². The number of nitrogens with zero attached hydrogens (tertiary/aromatic N) is 1. The maximum absolute atomic E-state index is 4.19. The molecule has 1 aliphatic carbocycles. The Hall–Kier alpha value is -0.530. The smallest absolute Gasteiger partial charge is 0.0965 e. The van der Waals surface area contributed by atoms with E-state index in [0.29, 0.717) is 5.41 Å². The van der Waals surface area contributed by atoms with E-state index in [-0.39, 0.29) is 0 Å². The second-order valence-corrected chi connectivity index (χ2v) is 3.52. The fourth-order valence-electron chi connectivity index (χ4n) is 1.74. The summed E-state index contributed by atoms with van der Waals surface area (Å²) in [5.41, 5.74) is 0.708. The Labute approximate surface area is 89.2 Å². The van der Waals surface area contributed by atoms with Crippen LogP contribution in [-0.4, -0.2) is 19.4 Å². The largest absolute Gasteiger partial charge is 0.374 e. The molecule has 2 heteroatoms. The number of rotatable bonds is 0. The zero-order valence-corrected chi connectivity index (χ0v) is 10.5. The first-order chi connectivity index (χ1) is 6.85. The number of piperidine rings is 1. The molecule has 0 aromatic rings. The van der Waals surface area contributed by atoms with E-state index in [2.05, 4.69) is 10.3 Å². The molecule has 1 saturated heterocycles. The van der Waals surface area contributed by atoms with Crippen molar-refractivity contribution in [2.24, 2.45) is 10.4 Å². The van der Waals surface area contributed by atoms with Gasteiger partial charge < -0.3 is 5.32 Å². The Bertz CT molecular complexity index is 169. The lowest BCUT2D eigenvalue weighted by Crippen LogP contribution is -2.34. The first kappa shape index (κ1) is 13.5. The summed E-state index contributed by atoms with van der Waals surface area (Å²) >= 11 is 0. The van der Waals surface area contributed by atoms with Crippen molar-refractivity contribution in [1.82, 2.24) is 5.32 Å². The molecule has 14 heavy (non-hydrogen) atoms. The first-order valence-corrected chi connectivity index (χ1v) is 6.04. The summed E-state index contributed by atoms with van der Waals surface area (Å²) in [6, 6.07) is 0. The Morgan fingerprint density at radius 1 is 1.07 bits per heavy atom. The van der Waals surface area contributed by atoms with Crippen molar-refractivity contribution >= 4 is 5.84 Å². The minimum absolute atomic E-state index is 0.708. The number of hydrogen-bond acceptors (Lipinski definition) is 1. The van der Waals surface area contributed by atoms with Gasteiger partial charge in [0.1, 0.15) is 0 Å². The Kier molecular flexibility index (Phi) is 6.60. The third kappa shape index (κ3) is 3.69. The molecule has 0 atom stereocenters. The van der Waals surface area contributed by atoms with Crippen molar-refractivity contribution in [2.45, 2.75) is 53.4 Å². The van der Waals surface area contributed by atoms with Gasteiger partial charge in [-0.3, -0.25) is 4.99 Å². The van der Waals surface area contributed by atoms with Gasteiger partial charge in [0.2, 0.25) is 0 Å². The molecule has 2 fully saturated rings. The average Bonchev–Trinajstić information content (AvgIpc) is 3.03. The zero-order chi connectivity index (χ0) is 11.0. The van der Waals surface area contributed by atoms with Crippen LogP contribution >= 0.6 is 0 Å². The first-order valence-electron chi connectivity index (χ1n) is 6.04. The van der Waals surface area contributed by atoms with Gasteiger partial charge in [-0.1, -0.05) is 27.7 Å². The van der Waals surface area contributed by atoms with Crippen LogP contribution in [0.15, 0.2) is 4.99 Å². The number of aliphatic imine (C=N–C) groups is 1. The lowest BCUT2D eigenvalue weighted by atomic mass is 9.94. The van der Waals surface area contributed by atoms with Gasteiger partial charge in [-0.2, -0.15) is 0 Å². The maximum atomic E-state index is 4.19. The van der Waals surface area contributed by atoms with E-state index in [1.54, 1.807) is 0 Å². The van der Waals surface area contributed by atoms with E-state index in [1.807, 2.05) is 34.7 Å². The molecule has 0 bridgehead atoms. The van der Waals surface area contributed by atoms with E-state index >= 15 is 0 Å². The fourth-order valence-corrected chi connectivity index (χ4v) is 1.74. The summed E-state index contributed by atoms with van der Waals surface area (Å²) in [4.78, 5) is 4.19. The van der Waals surface area contributed by atoms with Crippen LogP contribution in [0.2, 0.25) is 0 Å². The molecule has 84 valence electrons. The van der Waals surface area contributed by atoms with Crippen LogP contribution in [0.3, 0.4) is 0 Å². The quantitative estimate of drug-likeness (QED) is 0.635. The summed E-state index contributed by atoms with van der Waals surface area (Å²) in [6.07, 6.45) is 5.46. The molecule has 0 aromatic carbocycles. The molecule has 1 saturated carbocycles. The molecule has 0 aromatic heterocycles. The summed E-state index contributed by atoms with van der Waals surface area (Å²) in [5, 5.41) is 3.31. The summed E-state index contributed by atoms with van der Waals surface area (Å²) in [5.74, 6) is 1.23. The highest BCUT2D eigenvalue weighted by Crippen LogP contribution is 2.52. The minimum Gasteiger partial charge on any atom is -0.374 e. The molecular weight excluding hydrogens is 172 g/mol. The third-order valence-corrected chi connectivity index (χ3v) is 2.75. The van der Waals surface area contributed by atoms with Crippen molar-refractivity contribution < 1.29 is 0 Å². The molecule has 1 N–H and O–H groups in total. The molecule has 0 radical (unpaired) electrons. The molecule has 0 unspecified atom stereocenters. The van der Waals surface area contributed by atoms with Crippen LogP contribution in [0.4, 0.5) is 0 Å². The molecule has 2 aliphatic rings. The number of nitrogens with one attached hydrogen (secondary N) is 1. The third-order valence-electron chi connectivity index (χ3n) is 2.75. The molecule has 0 amide bonds. The SMILES string of the molecule is CC.CC.CN=C1CC2(CCN1)CC2. The van der Waals surface area contributed by atoms with Gasteiger partial charge in [-0.25, -0.2) is 0 Å². The minimum atomic E-state index is 0.708. The van der Waals surface area contributed by atoms with Gasteiger partial charge in [0.05, 0.1) is 5.84 Å². The summed E-state index contributed by atoms with van der Waals surface area (Å²) < 4.78 is 0. The lowest BCUT2D eigenvalue weighted by molar-refractivity contribution is 0.445. The predicted molar refractivity (Wildman–Crippen MR) is 65.0 cm³/mol. The fraction of sp³-hybridized carbons (Fsp3) is 0.917. The Morgan fingerprint density at radius 2 is 1.64 bits per heavy atom. The average molecular weight is 198 g/mol. The Balaban J connectivity index is 0.000000379. The van der Waals surface area contributed by atoms with Gasteiger partial charge >= 0.3 is 0 Å². The van der Waals surface area contributed by atoms with E-state index in [4.69, 9.17) is 0 Å². The highest BCUT2D eigenvalue weighted by atomic mass is 15.0. The molecule has 2 nitrogen and oxygen atoms in total. The molecular formula is C12H26N2. The second-order valence-electron chi connectivity index (χ2n) is 3.52. The summed E-state index contributed by atoms with van der Waals surface area (Å²) in [6.45, 7) is 9.15. The molecule has 1 heterocycles. The second kappa shape index (κ2) is 6.86. The maximum Gasteiger partial charge on any atom is 0.0965 e. The highest BCUT2D eigenvalue weighted by Gasteiger charge is 2.44. The van der Waals surface area contributed by atoms with Crippen molar-refractivity contribution in [1.29, 1.82) is 0 Å². The summed E-state index contributed by atoms with van der Waals surface area (Å²) in [7, 11) is 1.88. The van der Waals surface area contributed by atoms with Gasteiger partial charge in [-0.05, 0) is 24.7 Å². The number of hydrogen-bond donors (Lipinski definition) is 1. The van der Waals surface area contributed by atoms with Gasteiger partial charge in [0.15, 0.2) is 0 Å². The van der Waals surface area contributed by atoms with Crippen LogP contribution in [0.5, 0.6) is 0 Å². The van der Waals surface area contributed by atoms with Crippen LogP contribution in [0, 0.1) is 5.41 Å². The van der Waals surface area contributed by atoms with E-state index < -0.39 is 0 Å². The normalized spacial score (nSPS) is 23.9.